The van der Waals surface area contributed by atoms with Crippen molar-refractivity contribution in [3.8, 4) is 0 Å². The van der Waals surface area contributed by atoms with Gasteiger partial charge in [-0.2, -0.15) is 0 Å². The molecule has 1 aliphatic carbocycles. The first kappa shape index (κ1) is 14.5. The van der Waals surface area contributed by atoms with Gasteiger partial charge < -0.3 is 9.84 Å². The Balaban J connectivity index is 2.61. The normalized spacial score (nSPS) is 24.7. The molecule has 1 rings (SSSR count). The van der Waals surface area contributed by atoms with E-state index in [4.69, 9.17) is 9.84 Å². The Hall–Kier alpha value is -1.54. The molecule has 0 radical (unpaired) electrons. The van der Waals surface area contributed by atoms with E-state index >= 15 is 0 Å². The number of esters is 1. The molecule has 0 amide bonds. The van der Waals surface area contributed by atoms with Gasteiger partial charge in [0.2, 0.25) is 0 Å². The molecule has 4 heteroatoms. The number of hydrogen-bond donors (Lipinski definition) is 1. The lowest BCUT2D eigenvalue weighted by atomic mass is 10.1. The molecule has 0 aromatic rings. The molecule has 1 N–H and O–H groups in total. The monoisotopic (exact) mass is 252 g/mol. The number of hydrogen-bond acceptors (Lipinski definition) is 3. The van der Waals surface area contributed by atoms with E-state index in [2.05, 4.69) is 5.73 Å². The van der Waals surface area contributed by atoms with Gasteiger partial charge in [0.1, 0.15) is 5.60 Å². The van der Waals surface area contributed by atoms with Crippen LogP contribution in [0.1, 0.15) is 34.6 Å². The minimum Gasteiger partial charge on any atom is -0.481 e. The van der Waals surface area contributed by atoms with Crippen molar-refractivity contribution in [3.05, 3.63) is 17.9 Å². The smallest absolute Gasteiger partial charge is 0.339 e. The van der Waals surface area contributed by atoms with E-state index in [-0.39, 0.29) is 11.3 Å². The minimum atomic E-state index is -0.805. The summed E-state index contributed by atoms with van der Waals surface area (Å²) >= 11 is 0. The van der Waals surface area contributed by atoms with Gasteiger partial charge in [-0.1, -0.05) is 13.8 Å². The molecule has 2 unspecified atom stereocenters. The van der Waals surface area contributed by atoms with Crippen LogP contribution >= 0.6 is 0 Å². The van der Waals surface area contributed by atoms with Crippen molar-refractivity contribution in [1.82, 2.24) is 0 Å². The third kappa shape index (κ3) is 3.47. The average Bonchev–Trinajstić information content (AvgIpc) is 2.64. The molecule has 0 spiro atoms. The predicted molar refractivity (Wildman–Crippen MR) is 66.9 cm³/mol. The van der Waals surface area contributed by atoms with Crippen molar-refractivity contribution in [2.75, 3.05) is 0 Å². The first-order chi connectivity index (χ1) is 8.05. The van der Waals surface area contributed by atoms with Crippen LogP contribution in [0.15, 0.2) is 17.9 Å². The summed E-state index contributed by atoms with van der Waals surface area (Å²) in [5, 5.41) is 8.97. The van der Waals surface area contributed by atoms with Gasteiger partial charge >= 0.3 is 11.9 Å². The van der Waals surface area contributed by atoms with Crippen LogP contribution in [-0.2, 0) is 14.3 Å². The van der Waals surface area contributed by atoms with Gasteiger partial charge in [-0.25, -0.2) is 4.79 Å². The van der Waals surface area contributed by atoms with Gasteiger partial charge in [-0.3, -0.25) is 4.79 Å². The molecule has 0 aromatic heterocycles. The highest BCUT2D eigenvalue weighted by molar-refractivity contribution is 5.82. The average molecular weight is 252 g/mol. The van der Waals surface area contributed by atoms with Gasteiger partial charge in [-0.05, 0) is 32.3 Å². The van der Waals surface area contributed by atoms with E-state index in [1.165, 1.54) is 6.08 Å². The second-order valence-corrected chi connectivity index (χ2v) is 6.17. The molecular weight excluding hydrogens is 232 g/mol. The Labute approximate surface area is 107 Å². The van der Waals surface area contributed by atoms with E-state index in [0.29, 0.717) is 0 Å². The van der Waals surface area contributed by atoms with Crippen LogP contribution < -0.4 is 0 Å². The zero-order chi connectivity index (χ0) is 14.1. The van der Waals surface area contributed by atoms with Crippen LogP contribution in [0.5, 0.6) is 0 Å². The first-order valence-electron chi connectivity index (χ1n) is 5.94. The van der Waals surface area contributed by atoms with E-state index in [0.717, 1.165) is 0 Å². The summed E-state index contributed by atoms with van der Waals surface area (Å²) in [7, 11) is 0. The second-order valence-electron chi connectivity index (χ2n) is 6.17. The fourth-order valence-corrected chi connectivity index (χ4v) is 2.01. The van der Waals surface area contributed by atoms with Crippen molar-refractivity contribution < 1.29 is 19.4 Å². The lowest BCUT2D eigenvalue weighted by Crippen LogP contribution is -2.22. The second kappa shape index (κ2) is 4.62. The maximum atomic E-state index is 11.4. The van der Waals surface area contributed by atoms with Crippen LogP contribution in [0.3, 0.4) is 0 Å². The Morgan fingerprint density at radius 2 is 1.89 bits per heavy atom. The molecule has 1 fully saturated rings. The standard InChI is InChI=1S/C14H20O4/c1-13(2,3)18-10(15)8-6-7-9-11(12(16)17)14(9,4)5/h7-9,11H,1-5H3,(H,16,17). The molecule has 0 heterocycles. The van der Waals surface area contributed by atoms with E-state index in [9.17, 15) is 9.59 Å². The van der Waals surface area contributed by atoms with Crippen LogP contribution in [0, 0.1) is 17.3 Å². The molecule has 2 atom stereocenters. The lowest BCUT2D eigenvalue weighted by molar-refractivity contribution is -0.148. The fraction of sp³-hybridized carbons (Fsp3) is 0.643. The van der Waals surface area contributed by atoms with Gasteiger partial charge in [0, 0.05) is 5.92 Å². The number of ether oxygens (including phenoxy) is 1. The van der Waals surface area contributed by atoms with Crippen molar-refractivity contribution in [3.63, 3.8) is 0 Å². The molecule has 1 aliphatic rings. The van der Waals surface area contributed by atoms with Crippen LogP contribution in [0.4, 0.5) is 0 Å². The topological polar surface area (TPSA) is 63.6 Å². The summed E-state index contributed by atoms with van der Waals surface area (Å²) in [6.45, 7) is 9.14. The summed E-state index contributed by atoms with van der Waals surface area (Å²) in [6, 6.07) is 0. The molecule has 0 aliphatic heterocycles. The number of carbonyl (C=O) groups excluding carboxylic acids is 1. The Morgan fingerprint density at radius 3 is 2.28 bits per heavy atom. The molecule has 0 saturated heterocycles. The number of carboxylic acid groups (broad SMARTS) is 1. The van der Waals surface area contributed by atoms with Gasteiger partial charge in [0.25, 0.3) is 0 Å². The highest BCUT2D eigenvalue weighted by atomic mass is 16.6. The van der Waals surface area contributed by atoms with Gasteiger partial charge in [0.05, 0.1) is 12.0 Å². The first-order valence-corrected chi connectivity index (χ1v) is 5.94. The maximum Gasteiger partial charge on any atom is 0.339 e. The SMILES string of the molecule is CC(C)(C)OC(=O)C=C=CC1C(C(=O)O)C1(C)C. The predicted octanol–water partition coefficient (Wildman–Crippen LogP) is 2.40. The van der Waals surface area contributed by atoms with Crippen molar-refractivity contribution >= 4 is 11.9 Å². The maximum absolute atomic E-state index is 11.4. The van der Waals surface area contributed by atoms with Gasteiger partial charge in [-0.15, -0.1) is 5.73 Å². The quantitative estimate of drug-likeness (QED) is 0.476. The van der Waals surface area contributed by atoms with Crippen molar-refractivity contribution in [2.24, 2.45) is 17.3 Å². The van der Waals surface area contributed by atoms with Crippen molar-refractivity contribution in [2.45, 2.75) is 40.2 Å². The molecule has 0 aromatic carbocycles. The fourth-order valence-electron chi connectivity index (χ4n) is 2.01. The zero-order valence-electron chi connectivity index (χ0n) is 11.5. The highest BCUT2D eigenvalue weighted by Crippen LogP contribution is 2.58. The lowest BCUT2D eigenvalue weighted by Gasteiger charge is -2.17. The molecule has 4 nitrogen and oxygen atoms in total. The summed E-state index contributed by atoms with van der Waals surface area (Å²) in [6.07, 6.45) is 2.85. The summed E-state index contributed by atoms with van der Waals surface area (Å²) in [5.74, 6) is -1.74. The number of aliphatic carboxylic acids is 1. The Morgan fingerprint density at radius 1 is 1.33 bits per heavy atom. The van der Waals surface area contributed by atoms with Crippen molar-refractivity contribution in [1.29, 1.82) is 0 Å². The third-order valence-electron chi connectivity index (χ3n) is 3.06. The summed E-state index contributed by atoms with van der Waals surface area (Å²) in [5.41, 5.74) is 1.93. The summed E-state index contributed by atoms with van der Waals surface area (Å²) < 4.78 is 5.07. The third-order valence-corrected chi connectivity index (χ3v) is 3.06. The largest absolute Gasteiger partial charge is 0.481 e. The van der Waals surface area contributed by atoms with Gasteiger partial charge in [0.15, 0.2) is 0 Å². The number of carboxylic acids is 1. The highest BCUT2D eigenvalue weighted by Gasteiger charge is 2.60. The number of carbonyl (C=O) groups is 2. The van der Waals surface area contributed by atoms with Crippen LogP contribution in [0.2, 0.25) is 0 Å². The van der Waals surface area contributed by atoms with E-state index < -0.39 is 23.5 Å². The molecule has 18 heavy (non-hydrogen) atoms. The molecular formula is C14H20O4. The Kier molecular flexibility index (Phi) is 3.72. The molecule has 1 saturated carbocycles. The molecule has 0 bridgehead atoms. The van der Waals surface area contributed by atoms with Crippen LogP contribution in [0.25, 0.3) is 0 Å². The summed E-state index contributed by atoms with van der Waals surface area (Å²) in [4.78, 5) is 22.3. The minimum absolute atomic E-state index is 0.0753. The number of rotatable bonds is 3. The van der Waals surface area contributed by atoms with E-state index in [1.54, 1.807) is 26.8 Å². The zero-order valence-corrected chi connectivity index (χ0v) is 11.5. The Bertz CT molecular complexity index is 420. The van der Waals surface area contributed by atoms with Crippen LogP contribution in [-0.4, -0.2) is 22.6 Å². The van der Waals surface area contributed by atoms with E-state index in [1.807, 2.05) is 13.8 Å². The molecule has 100 valence electrons.